The lowest BCUT2D eigenvalue weighted by molar-refractivity contribution is -0.142. The molecule has 2 amide bonds. The van der Waals surface area contributed by atoms with Crippen molar-refractivity contribution in [1.82, 2.24) is 10.2 Å². The Kier molecular flexibility index (Phi) is 6.65. The molecule has 2 fully saturated rings. The van der Waals surface area contributed by atoms with Gasteiger partial charge in [0.05, 0.1) is 6.10 Å². The number of carbonyl (C=O) groups excluding carboxylic acids is 3. The molecule has 0 aliphatic carbocycles. The van der Waals surface area contributed by atoms with Crippen LogP contribution in [0.3, 0.4) is 0 Å². The summed E-state index contributed by atoms with van der Waals surface area (Å²) in [7, 11) is 0. The number of hydrogen-bond acceptors (Lipinski definition) is 4. The lowest BCUT2D eigenvalue weighted by Gasteiger charge is -2.37. The SMILES string of the molecule is CC(C)CC(NC(=O)c1ccc(C(C)(C)C)cc1)C(=O)N1CCC[C@@H]2OCC(=O)C21. The molecule has 2 aliphatic heterocycles. The summed E-state index contributed by atoms with van der Waals surface area (Å²) in [6.45, 7) is 11.0. The fourth-order valence-electron chi connectivity index (χ4n) is 4.29. The fraction of sp³-hybridized carbons (Fsp3) is 0.625. The lowest BCUT2D eigenvalue weighted by atomic mass is 9.86. The highest BCUT2D eigenvalue weighted by molar-refractivity contribution is 5.99. The average molecular weight is 415 g/mol. The van der Waals surface area contributed by atoms with Crippen LogP contribution in [-0.2, 0) is 19.7 Å². The van der Waals surface area contributed by atoms with Gasteiger partial charge in [0.25, 0.3) is 5.91 Å². The monoisotopic (exact) mass is 414 g/mol. The van der Waals surface area contributed by atoms with Gasteiger partial charge in [-0.05, 0) is 48.3 Å². The van der Waals surface area contributed by atoms with E-state index in [2.05, 4.69) is 26.1 Å². The van der Waals surface area contributed by atoms with Crippen molar-refractivity contribution in [3.8, 4) is 0 Å². The molecule has 6 nitrogen and oxygen atoms in total. The number of ketones is 1. The van der Waals surface area contributed by atoms with Crippen molar-refractivity contribution in [2.75, 3.05) is 13.2 Å². The largest absolute Gasteiger partial charge is 0.368 e. The minimum atomic E-state index is -0.660. The number of benzene rings is 1. The highest BCUT2D eigenvalue weighted by atomic mass is 16.5. The molecule has 3 rings (SSSR count). The molecule has 0 radical (unpaired) electrons. The number of hydrogen-bond donors (Lipinski definition) is 1. The first-order valence-corrected chi connectivity index (χ1v) is 10.9. The van der Waals surface area contributed by atoms with Gasteiger partial charge in [-0.3, -0.25) is 14.4 Å². The third-order valence-electron chi connectivity index (χ3n) is 5.95. The smallest absolute Gasteiger partial charge is 0.251 e. The van der Waals surface area contributed by atoms with Crippen LogP contribution in [0.5, 0.6) is 0 Å². The van der Waals surface area contributed by atoms with Gasteiger partial charge in [0.2, 0.25) is 5.91 Å². The molecule has 1 aromatic rings. The molecular weight excluding hydrogens is 380 g/mol. The number of likely N-dealkylation sites (tertiary alicyclic amines) is 1. The van der Waals surface area contributed by atoms with E-state index < -0.39 is 12.1 Å². The predicted octanol–water partition coefficient (Wildman–Crippen LogP) is 3.09. The van der Waals surface area contributed by atoms with Crippen molar-refractivity contribution < 1.29 is 19.1 Å². The molecule has 2 unspecified atom stereocenters. The second-order valence-electron chi connectivity index (χ2n) is 9.92. The van der Waals surface area contributed by atoms with Gasteiger partial charge < -0.3 is 15.0 Å². The minimum absolute atomic E-state index is 0.00580. The topological polar surface area (TPSA) is 75.7 Å². The first kappa shape index (κ1) is 22.5. The highest BCUT2D eigenvalue weighted by Gasteiger charge is 2.45. The standard InChI is InChI=1S/C24H34N2O4/c1-15(2)13-18(23(29)26-12-6-7-20-21(26)19(27)14-30-20)25-22(28)16-8-10-17(11-9-16)24(3,4)5/h8-11,15,18,20-21H,6-7,12-14H2,1-5H3,(H,25,28)/t18?,20-,21?/m0/s1. The third-order valence-corrected chi connectivity index (χ3v) is 5.95. The zero-order chi connectivity index (χ0) is 22.1. The average Bonchev–Trinajstić information content (AvgIpc) is 3.07. The summed E-state index contributed by atoms with van der Waals surface area (Å²) in [6, 6.07) is 6.35. The summed E-state index contributed by atoms with van der Waals surface area (Å²) in [5.41, 5.74) is 1.68. The van der Waals surface area contributed by atoms with Crippen LogP contribution in [0.2, 0.25) is 0 Å². The molecule has 2 heterocycles. The summed E-state index contributed by atoms with van der Waals surface area (Å²) in [5, 5.41) is 2.93. The number of ether oxygens (including phenoxy) is 1. The van der Waals surface area contributed by atoms with Gasteiger partial charge in [0.15, 0.2) is 5.78 Å². The normalized spacial score (nSPS) is 22.7. The van der Waals surface area contributed by atoms with Gasteiger partial charge in [0, 0.05) is 12.1 Å². The van der Waals surface area contributed by atoms with Crippen molar-refractivity contribution in [1.29, 1.82) is 0 Å². The Morgan fingerprint density at radius 2 is 1.87 bits per heavy atom. The molecule has 0 bridgehead atoms. The fourth-order valence-corrected chi connectivity index (χ4v) is 4.29. The molecule has 0 spiro atoms. The van der Waals surface area contributed by atoms with Crippen molar-refractivity contribution in [3.63, 3.8) is 0 Å². The van der Waals surface area contributed by atoms with Crippen LogP contribution in [0.4, 0.5) is 0 Å². The van der Waals surface area contributed by atoms with E-state index in [1.807, 2.05) is 26.0 Å². The Balaban J connectivity index is 1.76. The Bertz CT molecular complexity index is 794. The van der Waals surface area contributed by atoms with Crippen molar-refractivity contribution >= 4 is 17.6 Å². The Morgan fingerprint density at radius 1 is 1.20 bits per heavy atom. The van der Waals surface area contributed by atoms with Crippen LogP contribution in [0.15, 0.2) is 24.3 Å². The number of rotatable bonds is 5. The van der Waals surface area contributed by atoms with Crippen LogP contribution in [0.1, 0.15) is 69.8 Å². The molecule has 30 heavy (non-hydrogen) atoms. The number of Topliss-reactive ketones (excluding diaryl/α,β-unsaturated/α-hetero) is 1. The first-order valence-electron chi connectivity index (χ1n) is 10.9. The predicted molar refractivity (Wildman–Crippen MR) is 115 cm³/mol. The first-order chi connectivity index (χ1) is 14.1. The van der Waals surface area contributed by atoms with Gasteiger partial charge in [-0.25, -0.2) is 0 Å². The summed E-state index contributed by atoms with van der Waals surface area (Å²) in [4.78, 5) is 40.2. The van der Waals surface area contributed by atoms with E-state index in [4.69, 9.17) is 4.74 Å². The van der Waals surface area contributed by atoms with Crippen LogP contribution in [0, 0.1) is 5.92 Å². The summed E-state index contributed by atoms with van der Waals surface area (Å²) < 4.78 is 5.57. The molecule has 3 atom stereocenters. The van der Waals surface area contributed by atoms with Gasteiger partial charge >= 0.3 is 0 Å². The van der Waals surface area contributed by atoms with E-state index >= 15 is 0 Å². The second kappa shape index (κ2) is 8.88. The van der Waals surface area contributed by atoms with E-state index in [9.17, 15) is 14.4 Å². The van der Waals surface area contributed by atoms with E-state index in [0.717, 1.165) is 18.4 Å². The number of nitrogens with one attached hydrogen (secondary N) is 1. The molecular formula is C24H34N2O4. The molecule has 2 saturated heterocycles. The Hall–Kier alpha value is -2.21. The summed E-state index contributed by atoms with van der Waals surface area (Å²) in [6.07, 6.45) is 1.90. The summed E-state index contributed by atoms with van der Waals surface area (Å²) >= 11 is 0. The van der Waals surface area contributed by atoms with Crippen LogP contribution in [0.25, 0.3) is 0 Å². The van der Waals surface area contributed by atoms with Crippen molar-refractivity contribution in [2.45, 2.75) is 77.5 Å². The molecule has 164 valence electrons. The number of nitrogens with zero attached hydrogens (tertiary/aromatic N) is 1. The maximum absolute atomic E-state index is 13.4. The molecule has 0 aromatic heterocycles. The van der Waals surface area contributed by atoms with Gasteiger partial charge in [0.1, 0.15) is 18.7 Å². The number of amides is 2. The van der Waals surface area contributed by atoms with Crippen molar-refractivity contribution in [2.24, 2.45) is 5.92 Å². The molecule has 6 heteroatoms. The van der Waals surface area contributed by atoms with E-state index in [-0.39, 0.29) is 41.6 Å². The number of fused-ring (bicyclic) bond motifs is 1. The maximum atomic E-state index is 13.4. The second-order valence-corrected chi connectivity index (χ2v) is 9.92. The van der Waals surface area contributed by atoms with Crippen LogP contribution in [-0.4, -0.2) is 53.8 Å². The molecule has 2 aliphatic rings. The number of piperidine rings is 1. The van der Waals surface area contributed by atoms with Crippen LogP contribution < -0.4 is 5.32 Å². The van der Waals surface area contributed by atoms with Crippen LogP contribution >= 0.6 is 0 Å². The third kappa shape index (κ3) is 4.91. The van der Waals surface area contributed by atoms with Gasteiger partial charge in [-0.2, -0.15) is 0 Å². The quantitative estimate of drug-likeness (QED) is 0.803. The molecule has 0 saturated carbocycles. The van der Waals surface area contributed by atoms with E-state index in [1.165, 1.54) is 0 Å². The summed E-state index contributed by atoms with van der Waals surface area (Å²) in [5.74, 6) is -0.270. The van der Waals surface area contributed by atoms with E-state index in [1.54, 1.807) is 17.0 Å². The Labute approximate surface area is 179 Å². The lowest BCUT2D eigenvalue weighted by Crippen LogP contribution is -2.58. The molecule has 1 N–H and O–H groups in total. The zero-order valence-electron chi connectivity index (χ0n) is 18.7. The van der Waals surface area contributed by atoms with E-state index in [0.29, 0.717) is 18.5 Å². The minimum Gasteiger partial charge on any atom is -0.368 e. The maximum Gasteiger partial charge on any atom is 0.251 e. The number of carbonyl (C=O) groups is 3. The van der Waals surface area contributed by atoms with Gasteiger partial charge in [-0.15, -0.1) is 0 Å². The molecule has 1 aromatic carbocycles. The Morgan fingerprint density at radius 3 is 2.47 bits per heavy atom. The highest BCUT2D eigenvalue weighted by Crippen LogP contribution is 2.27. The van der Waals surface area contributed by atoms with Gasteiger partial charge in [-0.1, -0.05) is 46.8 Å². The zero-order valence-corrected chi connectivity index (χ0v) is 18.7. The van der Waals surface area contributed by atoms with Crippen molar-refractivity contribution in [3.05, 3.63) is 35.4 Å².